The van der Waals surface area contributed by atoms with E-state index in [2.05, 4.69) is 20.1 Å². The van der Waals surface area contributed by atoms with Crippen LogP contribution in [0.25, 0.3) is 22.4 Å². The summed E-state index contributed by atoms with van der Waals surface area (Å²) in [6.07, 6.45) is -1.54. The second-order valence-corrected chi connectivity index (χ2v) is 8.11. The Hall–Kier alpha value is -3.82. The summed E-state index contributed by atoms with van der Waals surface area (Å²) in [5, 5.41) is 4.25. The second-order valence-electron chi connectivity index (χ2n) is 8.11. The number of nitrogens with zero attached hydrogens (tertiary/aromatic N) is 6. The van der Waals surface area contributed by atoms with Gasteiger partial charge in [0.15, 0.2) is 5.82 Å². The van der Waals surface area contributed by atoms with Crippen LogP contribution in [0.2, 0.25) is 0 Å². The zero-order valence-electron chi connectivity index (χ0n) is 18.1. The molecule has 0 bridgehead atoms. The molecule has 4 aromatic rings. The summed E-state index contributed by atoms with van der Waals surface area (Å²) in [6, 6.07) is 6.51. The Labute approximate surface area is 186 Å². The molecule has 0 saturated heterocycles. The molecule has 10 heteroatoms. The smallest absolute Gasteiger partial charge is 0.305 e. The van der Waals surface area contributed by atoms with Crippen LogP contribution in [0.4, 0.5) is 18.9 Å². The SMILES string of the molecule is Cc1cc(-c2ncc3nc(C(F)(F)F)cc(C)c3n2)ccc1N1CCn2ncc(C)c2C1=O. The first-order valence-corrected chi connectivity index (χ1v) is 10.3. The molecule has 5 rings (SSSR count). The highest BCUT2D eigenvalue weighted by Crippen LogP contribution is 2.32. The summed E-state index contributed by atoms with van der Waals surface area (Å²) in [5.74, 6) is 0.275. The number of fused-ring (bicyclic) bond motifs is 2. The quantitative estimate of drug-likeness (QED) is 0.448. The molecule has 0 N–H and O–H groups in total. The average molecular weight is 452 g/mol. The van der Waals surface area contributed by atoms with Gasteiger partial charge in [-0.2, -0.15) is 18.3 Å². The maximum atomic E-state index is 13.1. The number of alkyl halides is 3. The van der Waals surface area contributed by atoms with E-state index in [1.54, 1.807) is 22.7 Å². The van der Waals surface area contributed by atoms with Gasteiger partial charge in [0.1, 0.15) is 16.9 Å². The van der Waals surface area contributed by atoms with Gasteiger partial charge in [0, 0.05) is 23.4 Å². The zero-order valence-corrected chi connectivity index (χ0v) is 18.1. The summed E-state index contributed by atoms with van der Waals surface area (Å²) < 4.78 is 40.9. The number of amides is 1. The highest BCUT2D eigenvalue weighted by Gasteiger charge is 2.33. The van der Waals surface area contributed by atoms with Gasteiger partial charge >= 0.3 is 6.18 Å². The molecule has 0 saturated carbocycles. The van der Waals surface area contributed by atoms with Crippen molar-refractivity contribution >= 4 is 22.6 Å². The van der Waals surface area contributed by atoms with E-state index in [4.69, 9.17) is 0 Å². The Bertz CT molecular complexity index is 1430. The number of hydrogen-bond acceptors (Lipinski definition) is 5. The molecule has 1 amide bonds. The van der Waals surface area contributed by atoms with Crippen LogP contribution in [-0.2, 0) is 12.7 Å². The number of halogens is 3. The molecule has 0 unspecified atom stereocenters. The molecule has 0 radical (unpaired) electrons. The molecule has 4 heterocycles. The third kappa shape index (κ3) is 3.51. The first-order valence-electron chi connectivity index (χ1n) is 10.3. The van der Waals surface area contributed by atoms with Crippen molar-refractivity contribution in [2.45, 2.75) is 33.5 Å². The molecule has 33 heavy (non-hydrogen) atoms. The minimum Gasteiger partial charge on any atom is -0.305 e. The monoisotopic (exact) mass is 452 g/mol. The normalized spacial score (nSPS) is 14.1. The molecule has 1 aliphatic rings. The summed E-state index contributed by atoms with van der Waals surface area (Å²) in [7, 11) is 0. The Morgan fingerprint density at radius 3 is 2.45 bits per heavy atom. The molecule has 3 aromatic heterocycles. The molecular formula is C23H19F3N6O. The van der Waals surface area contributed by atoms with Gasteiger partial charge in [-0.1, -0.05) is 0 Å². The number of aryl methyl sites for hydroxylation is 3. The summed E-state index contributed by atoms with van der Waals surface area (Å²) in [6.45, 7) is 6.44. The van der Waals surface area contributed by atoms with E-state index < -0.39 is 11.9 Å². The molecule has 0 fully saturated rings. The second kappa shape index (κ2) is 7.36. The molecule has 0 atom stereocenters. The molecule has 0 aliphatic carbocycles. The zero-order chi connectivity index (χ0) is 23.5. The number of carbonyl (C=O) groups excluding carboxylic acids is 1. The van der Waals surface area contributed by atoms with Crippen molar-refractivity contribution in [1.29, 1.82) is 0 Å². The molecule has 0 spiro atoms. The average Bonchev–Trinajstić information content (AvgIpc) is 3.15. The first-order chi connectivity index (χ1) is 15.6. The van der Waals surface area contributed by atoms with Gasteiger partial charge in [0.2, 0.25) is 0 Å². The van der Waals surface area contributed by atoms with Crippen LogP contribution in [0.15, 0.2) is 36.7 Å². The fourth-order valence-electron chi connectivity index (χ4n) is 4.15. The Kier molecular flexibility index (Phi) is 4.70. The van der Waals surface area contributed by atoms with Gasteiger partial charge in [0.25, 0.3) is 5.91 Å². The maximum absolute atomic E-state index is 13.1. The Morgan fingerprint density at radius 2 is 1.73 bits per heavy atom. The first kappa shape index (κ1) is 21.0. The molecule has 7 nitrogen and oxygen atoms in total. The Balaban J connectivity index is 1.50. The summed E-state index contributed by atoms with van der Waals surface area (Å²) in [4.78, 5) is 27.1. The number of benzene rings is 1. The number of hydrogen-bond donors (Lipinski definition) is 0. The van der Waals surface area contributed by atoms with E-state index in [0.29, 0.717) is 41.3 Å². The van der Waals surface area contributed by atoms with Crippen molar-refractivity contribution < 1.29 is 18.0 Å². The highest BCUT2D eigenvalue weighted by molar-refractivity contribution is 6.07. The lowest BCUT2D eigenvalue weighted by molar-refractivity contribution is -0.141. The number of carbonyl (C=O) groups is 1. The van der Waals surface area contributed by atoms with Crippen LogP contribution in [0, 0.1) is 20.8 Å². The van der Waals surface area contributed by atoms with Gasteiger partial charge in [-0.25, -0.2) is 15.0 Å². The Morgan fingerprint density at radius 1 is 0.939 bits per heavy atom. The number of rotatable bonds is 2. The van der Waals surface area contributed by atoms with Crippen molar-refractivity contribution in [1.82, 2.24) is 24.7 Å². The fraction of sp³-hybridized carbons (Fsp3) is 0.261. The number of aromatic nitrogens is 5. The van der Waals surface area contributed by atoms with Crippen LogP contribution in [0.5, 0.6) is 0 Å². The molecule has 1 aromatic carbocycles. The minimum absolute atomic E-state index is 0.0883. The van der Waals surface area contributed by atoms with Crippen LogP contribution in [0.3, 0.4) is 0 Å². The van der Waals surface area contributed by atoms with Gasteiger partial charge in [-0.15, -0.1) is 0 Å². The number of anilines is 1. The van der Waals surface area contributed by atoms with Crippen LogP contribution in [-0.4, -0.2) is 37.2 Å². The van der Waals surface area contributed by atoms with E-state index in [-0.39, 0.29) is 11.4 Å². The van der Waals surface area contributed by atoms with E-state index in [1.807, 2.05) is 32.0 Å². The van der Waals surface area contributed by atoms with Crippen molar-refractivity contribution in [3.63, 3.8) is 0 Å². The fourth-order valence-corrected chi connectivity index (χ4v) is 4.15. The molecule has 168 valence electrons. The van der Waals surface area contributed by atoms with Crippen molar-refractivity contribution in [2.75, 3.05) is 11.4 Å². The minimum atomic E-state index is -4.54. The topological polar surface area (TPSA) is 76.8 Å². The standard InChI is InChI=1S/C23H19F3N6O/c1-12-8-15(4-5-17(12)31-6-7-32-20(22(31)33)14(3)10-28-32)21-27-11-16-19(30-21)13(2)9-18(29-16)23(24,25)26/h4-5,8-11H,6-7H2,1-3H3. The number of pyridine rings is 1. The van der Waals surface area contributed by atoms with Crippen LogP contribution >= 0.6 is 0 Å². The summed E-state index contributed by atoms with van der Waals surface area (Å²) >= 11 is 0. The van der Waals surface area contributed by atoms with Crippen molar-refractivity contribution in [3.8, 4) is 11.4 Å². The van der Waals surface area contributed by atoms with Crippen molar-refractivity contribution in [3.05, 3.63) is 64.7 Å². The lowest BCUT2D eigenvalue weighted by atomic mass is 10.1. The third-order valence-corrected chi connectivity index (χ3v) is 5.78. The third-order valence-electron chi connectivity index (χ3n) is 5.78. The molecule has 1 aliphatic heterocycles. The van der Waals surface area contributed by atoms with E-state index in [9.17, 15) is 18.0 Å². The predicted octanol–water partition coefficient (Wildman–Crippen LogP) is 4.49. The van der Waals surface area contributed by atoms with E-state index in [1.165, 1.54) is 6.20 Å². The lowest BCUT2D eigenvalue weighted by Crippen LogP contribution is -2.41. The van der Waals surface area contributed by atoms with Gasteiger partial charge in [0.05, 0.1) is 24.5 Å². The van der Waals surface area contributed by atoms with Gasteiger partial charge in [-0.05, 0) is 56.2 Å². The maximum Gasteiger partial charge on any atom is 0.433 e. The summed E-state index contributed by atoms with van der Waals surface area (Å²) in [5.41, 5.74) is 3.62. The van der Waals surface area contributed by atoms with Gasteiger partial charge in [-0.3, -0.25) is 9.48 Å². The highest BCUT2D eigenvalue weighted by atomic mass is 19.4. The largest absolute Gasteiger partial charge is 0.433 e. The van der Waals surface area contributed by atoms with Crippen LogP contribution in [0.1, 0.15) is 32.9 Å². The lowest BCUT2D eigenvalue weighted by Gasteiger charge is -2.29. The predicted molar refractivity (Wildman–Crippen MR) is 116 cm³/mol. The van der Waals surface area contributed by atoms with E-state index in [0.717, 1.165) is 22.9 Å². The van der Waals surface area contributed by atoms with Gasteiger partial charge < -0.3 is 4.90 Å². The molecular weight excluding hydrogens is 433 g/mol. The van der Waals surface area contributed by atoms with E-state index >= 15 is 0 Å². The van der Waals surface area contributed by atoms with Crippen LogP contribution < -0.4 is 4.90 Å². The van der Waals surface area contributed by atoms with Crippen molar-refractivity contribution in [2.24, 2.45) is 0 Å².